The molecule has 150 valence electrons. The first-order valence-electron chi connectivity index (χ1n) is 10.6. The van der Waals surface area contributed by atoms with Gasteiger partial charge in [0.2, 0.25) is 5.91 Å². The summed E-state index contributed by atoms with van der Waals surface area (Å²) >= 11 is 0. The number of para-hydroxylation sites is 2. The highest BCUT2D eigenvalue weighted by atomic mass is 16.2. The lowest BCUT2D eigenvalue weighted by atomic mass is 10.0. The van der Waals surface area contributed by atoms with Crippen molar-refractivity contribution in [3.63, 3.8) is 0 Å². The van der Waals surface area contributed by atoms with Crippen molar-refractivity contribution in [2.24, 2.45) is 0 Å². The normalized spacial score (nSPS) is 18.7. The molecule has 0 aliphatic carbocycles. The minimum absolute atomic E-state index is 0.0697. The van der Waals surface area contributed by atoms with Gasteiger partial charge in [0.15, 0.2) is 0 Å². The van der Waals surface area contributed by atoms with Crippen LogP contribution in [-0.4, -0.2) is 59.5 Å². The van der Waals surface area contributed by atoms with Crippen molar-refractivity contribution in [1.29, 1.82) is 0 Å². The summed E-state index contributed by atoms with van der Waals surface area (Å²) in [6.07, 6.45) is 0.907. The number of nitrogens with zero attached hydrogens (tertiary/aromatic N) is 3. The minimum atomic E-state index is -0.0697. The van der Waals surface area contributed by atoms with Crippen LogP contribution in [0.2, 0.25) is 0 Å². The zero-order valence-corrected chi connectivity index (χ0v) is 17.0. The molecule has 0 unspecified atom stereocenters. The van der Waals surface area contributed by atoms with Gasteiger partial charge < -0.3 is 14.8 Å². The molecule has 3 aromatic rings. The number of aromatic amines is 1. The number of hydrogen-bond acceptors (Lipinski definition) is 3. The molecule has 1 aromatic heterocycles. The van der Waals surface area contributed by atoms with Gasteiger partial charge in [-0.2, -0.15) is 0 Å². The first kappa shape index (κ1) is 18.3. The van der Waals surface area contributed by atoms with Gasteiger partial charge in [0.1, 0.15) is 0 Å². The minimum Gasteiger partial charge on any atom is -0.369 e. The molecule has 2 aliphatic heterocycles. The fourth-order valence-electron chi connectivity index (χ4n) is 4.78. The number of anilines is 1. The van der Waals surface area contributed by atoms with Gasteiger partial charge in [0.05, 0.1) is 6.04 Å². The van der Waals surface area contributed by atoms with Gasteiger partial charge in [-0.3, -0.25) is 9.69 Å². The molecule has 0 bridgehead atoms. The van der Waals surface area contributed by atoms with Gasteiger partial charge in [-0.15, -0.1) is 0 Å². The number of piperazine rings is 1. The maximum absolute atomic E-state index is 13.3. The van der Waals surface area contributed by atoms with Gasteiger partial charge in [-0.05, 0) is 25.1 Å². The molecule has 1 N–H and O–H groups in total. The highest BCUT2D eigenvalue weighted by molar-refractivity contribution is 5.87. The maximum atomic E-state index is 13.3. The highest BCUT2D eigenvalue weighted by Gasteiger charge is 2.31. The first-order chi connectivity index (χ1) is 14.2. The van der Waals surface area contributed by atoms with Gasteiger partial charge in [0, 0.05) is 73.5 Å². The summed E-state index contributed by atoms with van der Waals surface area (Å²) in [6, 6.07) is 18.9. The molecule has 5 nitrogen and oxygen atoms in total. The van der Waals surface area contributed by atoms with Crippen LogP contribution in [0, 0.1) is 0 Å². The summed E-state index contributed by atoms with van der Waals surface area (Å²) < 4.78 is 0. The Kier molecular flexibility index (Phi) is 4.76. The van der Waals surface area contributed by atoms with E-state index in [-0.39, 0.29) is 11.9 Å². The Bertz CT molecular complexity index is 1000. The highest BCUT2D eigenvalue weighted by Crippen LogP contribution is 2.28. The van der Waals surface area contributed by atoms with Crippen molar-refractivity contribution < 1.29 is 4.79 Å². The molecule has 1 atom stereocenters. The van der Waals surface area contributed by atoms with Crippen LogP contribution in [0.25, 0.3) is 10.9 Å². The second-order valence-electron chi connectivity index (χ2n) is 8.17. The molecule has 3 heterocycles. The number of rotatable bonds is 3. The molecule has 5 heteroatoms. The van der Waals surface area contributed by atoms with E-state index in [0.29, 0.717) is 6.54 Å². The average Bonchev–Trinajstić information content (AvgIpc) is 3.17. The van der Waals surface area contributed by atoms with Crippen LogP contribution in [-0.2, 0) is 17.8 Å². The summed E-state index contributed by atoms with van der Waals surface area (Å²) in [7, 11) is 0. The topological polar surface area (TPSA) is 42.6 Å². The quantitative estimate of drug-likeness (QED) is 0.749. The molecular weight excluding hydrogens is 360 g/mol. The number of fused-ring (bicyclic) bond motifs is 3. The summed E-state index contributed by atoms with van der Waals surface area (Å²) in [6.45, 7) is 7.37. The van der Waals surface area contributed by atoms with E-state index < -0.39 is 0 Å². The van der Waals surface area contributed by atoms with Crippen molar-refractivity contribution in [2.45, 2.75) is 25.9 Å². The van der Waals surface area contributed by atoms with E-state index in [2.05, 4.69) is 81.2 Å². The molecule has 5 rings (SSSR count). The van der Waals surface area contributed by atoms with Crippen LogP contribution in [0.3, 0.4) is 0 Å². The van der Waals surface area contributed by atoms with Gasteiger partial charge in [-0.25, -0.2) is 0 Å². The van der Waals surface area contributed by atoms with E-state index in [1.807, 2.05) is 0 Å². The second kappa shape index (κ2) is 7.56. The lowest BCUT2D eigenvalue weighted by molar-refractivity contribution is -0.137. The van der Waals surface area contributed by atoms with E-state index in [4.69, 9.17) is 0 Å². The second-order valence-corrected chi connectivity index (χ2v) is 8.17. The molecule has 1 saturated heterocycles. The van der Waals surface area contributed by atoms with Crippen molar-refractivity contribution in [1.82, 2.24) is 14.8 Å². The van der Waals surface area contributed by atoms with Crippen LogP contribution in [0.4, 0.5) is 5.69 Å². The largest absolute Gasteiger partial charge is 0.369 e. The Morgan fingerprint density at radius 2 is 1.66 bits per heavy atom. The third kappa shape index (κ3) is 3.40. The fraction of sp³-hybridized carbons (Fsp3) is 0.375. The van der Waals surface area contributed by atoms with Crippen LogP contribution < -0.4 is 4.90 Å². The first-order valence-corrected chi connectivity index (χ1v) is 10.6. The zero-order chi connectivity index (χ0) is 19.8. The van der Waals surface area contributed by atoms with Crippen LogP contribution in [0.1, 0.15) is 18.2 Å². The van der Waals surface area contributed by atoms with E-state index in [1.165, 1.54) is 27.8 Å². The Balaban J connectivity index is 1.24. The number of amides is 1. The fourth-order valence-corrected chi connectivity index (χ4v) is 4.78. The Labute approximate surface area is 171 Å². The van der Waals surface area contributed by atoms with Crippen molar-refractivity contribution >= 4 is 22.5 Å². The molecule has 0 saturated carbocycles. The lowest BCUT2D eigenvalue weighted by Crippen LogP contribution is -2.55. The summed E-state index contributed by atoms with van der Waals surface area (Å²) in [4.78, 5) is 23.6. The molecule has 0 spiro atoms. The van der Waals surface area contributed by atoms with E-state index >= 15 is 0 Å². The average molecular weight is 389 g/mol. The number of carbonyl (C=O) groups excluding carboxylic acids is 1. The third-order valence-electron chi connectivity index (χ3n) is 6.54. The van der Waals surface area contributed by atoms with Crippen LogP contribution >= 0.6 is 0 Å². The van der Waals surface area contributed by atoms with Crippen LogP contribution in [0.15, 0.2) is 54.6 Å². The van der Waals surface area contributed by atoms with E-state index in [9.17, 15) is 4.79 Å². The number of aromatic nitrogens is 1. The smallest absolute Gasteiger partial charge is 0.239 e. The predicted molar refractivity (Wildman–Crippen MR) is 117 cm³/mol. The Hall–Kier alpha value is -2.79. The number of benzene rings is 2. The number of hydrogen-bond donors (Lipinski definition) is 1. The van der Waals surface area contributed by atoms with Crippen LogP contribution in [0.5, 0.6) is 0 Å². The van der Waals surface area contributed by atoms with Crippen molar-refractivity contribution in [3.8, 4) is 0 Å². The maximum Gasteiger partial charge on any atom is 0.239 e. The molecule has 1 amide bonds. The zero-order valence-electron chi connectivity index (χ0n) is 17.0. The monoisotopic (exact) mass is 388 g/mol. The molecule has 2 aromatic carbocycles. The Morgan fingerprint density at radius 1 is 0.931 bits per heavy atom. The molecule has 29 heavy (non-hydrogen) atoms. The standard InChI is InChI=1S/C24H28N4O/c1-18(26-13-15-27(16-14-26)19-7-3-2-4-8-19)24(29)28-12-11-23-21(17-28)20-9-5-6-10-22(20)25-23/h2-10,18,25H,11-17H2,1H3/t18-/m1/s1. The van der Waals surface area contributed by atoms with E-state index in [0.717, 1.165) is 39.1 Å². The lowest BCUT2D eigenvalue weighted by Gasteiger charge is -2.40. The molecular formula is C24H28N4O. The predicted octanol–water partition coefficient (Wildman–Crippen LogP) is 3.26. The number of carbonyl (C=O) groups is 1. The Morgan fingerprint density at radius 3 is 2.45 bits per heavy atom. The molecule has 0 radical (unpaired) electrons. The molecule has 2 aliphatic rings. The van der Waals surface area contributed by atoms with Crippen molar-refractivity contribution in [2.75, 3.05) is 37.6 Å². The molecule has 1 fully saturated rings. The van der Waals surface area contributed by atoms with Gasteiger partial charge >= 0.3 is 0 Å². The van der Waals surface area contributed by atoms with Gasteiger partial charge in [0.25, 0.3) is 0 Å². The van der Waals surface area contributed by atoms with Crippen molar-refractivity contribution in [3.05, 3.63) is 65.9 Å². The van der Waals surface area contributed by atoms with E-state index in [1.54, 1.807) is 0 Å². The van der Waals surface area contributed by atoms with Gasteiger partial charge in [-0.1, -0.05) is 36.4 Å². The third-order valence-corrected chi connectivity index (χ3v) is 6.54. The number of H-pyrrole nitrogens is 1. The summed E-state index contributed by atoms with van der Waals surface area (Å²) in [5.41, 5.74) is 5.03. The SMILES string of the molecule is C[C@H](C(=O)N1CCc2[nH]c3ccccc3c2C1)N1CCN(c2ccccc2)CC1. The summed E-state index contributed by atoms with van der Waals surface area (Å²) in [5, 5.41) is 1.25. The number of nitrogens with one attached hydrogen (secondary N) is 1. The summed E-state index contributed by atoms with van der Waals surface area (Å²) in [5.74, 6) is 0.258.